The second-order valence-electron chi connectivity index (χ2n) is 3.59. The normalized spacial score (nSPS) is 15.3. The molecule has 1 rings (SSSR count). The summed E-state index contributed by atoms with van der Waals surface area (Å²) < 4.78 is 5.15. The molecule has 0 heterocycles. The minimum absolute atomic E-state index is 0.516. The standard InChI is InChI=1S/C13H18N2O/c1-10(14)4-5-11(2)15-12-6-8-13(16-3)9-7-12/h4-6,8,15H,1-2,7,9,14H2,3H3/b5-4-. The predicted octanol–water partition coefficient (Wildman–Crippen LogP) is 2.33. The van der Waals surface area contributed by atoms with Crippen molar-refractivity contribution in [1.29, 1.82) is 0 Å². The molecule has 3 nitrogen and oxygen atoms in total. The SMILES string of the molecule is C=C(N)/C=C\C(=C)NC1=CC=C(OC)CC1. The molecule has 0 fully saturated rings. The monoisotopic (exact) mass is 218 g/mol. The highest BCUT2D eigenvalue weighted by atomic mass is 16.5. The van der Waals surface area contributed by atoms with Crippen molar-refractivity contribution in [2.24, 2.45) is 5.73 Å². The first-order chi connectivity index (χ1) is 7.61. The van der Waals surface area contributed by atoms with E-state index in [0.717, 1.165) is 30.0 Å². The van der Waals surface area contributed by atoms with Crippen molar-refractivity contribution in [2.45, 2.75) is 12.8 Å². The van der Waals surface area contributed by atoms with Crippen LogP contribution in [0.5, 0.6) is 0 Å². The maximum atomic E-state index is 5.42. The minimum atomic E-state index is 0.516. The molecule has 0 amide bonds. The van der Waals surface area contributed by atoms with Gasteiger partial charge in [-0.25, -0.2) is 0 Å². The van der Waals surface area contributed by atoms with Crippen LogP contribution < -0.4 is 11.1 Å². The van der Waals surface area contributed by atoms with Crippen molar-refractivity contribution in [3.8, 4) is 0 Å². The molecule has 0 aromatic rings. The molecule has 0 aromatic heterocycles. The maximum absolute atomic E-state index is 5.42. The van der Waals surface area contributed by atoms with Crippen LogP contribution in [0.25, 0.3) is 0 Å². The molecule has 0 aliphatic heterocycles. The van der Waals surface area contributed by atoms with Gasteiger partial charge in [0, 0.05) is 23.5 Å². The third kappa shape index (κ3) is 4.09. The average molecular weight is 218 g/mol. The van der Waals surface area contributed by atoms with Crippen LogP contribution in [0.3, 0.4) is 0 Å². The van der Waals surface area contributed by atoms with Gasteiger partial charge in [0.15, 0.2) is 0 Å². The highest BCUT2D eigenvalue weighted by molar-refractivity contribution is 5.28. The van der Waals surface area contributed by atoms with Crippen LogP contribution >= 0.6 is 0 Å². The first-order valence-electron chi connectivity index (χ1n) is 5.14. The Morgan fingerprint density at radius 2 is 2.12 bits per heavy atom. The number of nitrogens with two attached hydrogens (primary N) is 1. The van der Waals surface area contributed by atoms with Crippen LogP contribution in [-0.4, -0.2) is 7.11 Å². The zero-order valence-corrected chi connectivity index (χ0v) is 9.62. The number of methoxy groups -OCH3 is 1. The van der Waals surface area contributed by atoms with E-state index in [9.17, 15) is 0 Å². The summed E-state index contributed by atoms with van der Waals surface area (Å²) in [5, 5.41) is 3.20. The van der Waals surface area contributed by atoms with Gasteiger partial charge in [0.05, 0.1) is 12.9 Å². The molecule has 0 unspecified atom stereocenters. The minimum Gasteiger partial charge on any atom is -0.501 e. The molecule has 16 heavy (non-hydrogen) atoms. The highest BCUT2D eigenvalue weighted by Gasteiger charge is 2.05. The third-order valence-corrected chi connectivity index (χ3v) is 2.19. The van der Waals surface area contributed by atoms with Gasteiger partial charge < -0.3 is 15.8 Å². The lowest BCUT2D eigenvalue weighted by Gasteiger charge is -2.15. The van der Waals surface area contributed by atoms with Crippen LogP contribution in [0.15, 0.2) is 60.3 Å². The molecule has 0 atom stereocenters. The molecule has 0 aromatic carbocycles. The zero-order valence-electron chi connectivity index (χ0n) is 9.62. The van der Waals surface area contributed by atoms with E-state index in [2.05, 4.69) is 18.5 Å². The van der Waals surface area contributed by atoms with E-state index in [0.29, 0.717) is 5.70 Å². The summed E-state index contributed by atoms with van der Waals surface area (Å²) in [5.74, 6) is 1.00. The Hall–Kier alpha value is -1.90. The predicted molar refractivity (Wildman–Crippen MR) is 67.2 cm³/mol. The average Bonchev–Trinajstić information content (AvgIpc) is 2.27. The first-order valence-corrected chi connectivity index (χ1v) is 5.14. The van der Waals surface area contributed by atoms with E-state index in [-0.39, 0.29) is 0 Å². The molecule has 1 aliphatic carbocycles. The van der Waals surface area contributed by atoms with Crippen molar-refractivity contribution in [3.05, 3.63) is 60.3 Å². The van der Waals surface area contributed by atoms with Crippen molar-refractivity contribution in [1.82, 2.24) is 5.32 Å². The molecular formula is C13H18N2O. The Bertz CT molecular complexity index is 375. The summed E-state index contributed by atoms with van der Waals surface area (Å²) in [6.45, 7) is 7.45. The number of rotatable bonds is 5. The Kier molecular flexibility index (Phi) is 4.45. The smallest absolute Gasteiger partial charge is 0.0959 e. The number of nitrogens with one attached hydrogen (secondary N) is 1. The fourth-order valence-electron chi connectivity index (χ4n) is 1.35. The van der Waals surface area contributed by atoms with Gasteiger partial charge in [-0.15, -0.1) is 0 Å². The van der Waals surface area contributed by atoms with Gasteiger partial charge in [-0.05, 0) is 30.7 Å². The summed E-state index contributed by atoms with van der Waals surface area (Å²) in [6, 6.07) is 0. The van der Waals surface area contributed by atoms with Gasteiger partial charge in [0.2, 0.25) is 0 Å². The van der Waals surface area contributed by atoms with Crippen LogP contribution in [-0.2, 0) is 4.74 Å². The van der Waals surface area contributed by atoms with E-state index in [1.807, 2.05) is 12.2 Å². The van der Waals surface area contributed by atoms with Crippen LogP contribution in [0.4, 0.5) is 0 Å². The van der Waals surface area contributed by atoms with E-state index < -0.39 is 0 Å². The summed E-state index contributed by atoms with van der Waals surface area (Å²) in [7, 11) is 1.69. The third-order valence-electron chi connectivity index (χ3n) is 2.19. The molecular weight excluding hydrogens is 200 g/mol. The van der Waals surface area contributed by atoms with Crippen molar-refractivity contribution in [3.63, 3.8) is 0 Å². The number of ether oxygens (including phenoxy) is 1. The second kappa shape index (κ2) is 5.85. The fourth-order valence-corrected chi connectivity index (χ4v) is 1.35. The summed E-state index contributed by atoms with van der Waals surface area (Å²) in [5.41, 5.74) is 7.86. The lowest BCUT2D eigenvalue weighted by atomic mass is 10.1. The van der Waals surface area contributed by atoms with Gasteiger partial charge in [-0.2, -0.15) is 0 Å². The maximum Gasteiger partial charge on any atom is 0.0959 e. The molecule has 3 heteroatoms. The van der Waals surface area contributed by atoms with E-state index >= 15 is 0 Å². The van der Waals surface area contributed by atoms with Crippen molar-refractivity contribution < 1.29 is 4.74 Å². The van der Waals surface area contributed by atoms with Gasteiger partial charge in [0.25, 0.3) is 0 Å². The van der Waals surface area contributed by atoms with Gasteiger partial charge in [0.1, 0.15) is 0 Å². The summed E-state index contributed by atoms with van der Waals surface area (Å²) in [4.78, 5) is 0. The van der Waals surface area contributed by atoms with E-state index in [4.69, 9.17) is 10.5 Å². The molecule has 1 aliphatic rings. The van der Waals surface area contributed by atoms with Gasteiger partial charge in [-0.1, -0.05) is 13.2 Å². The molecule has 86 valence electrons. The lowest BCUT2D eigenvalue weighted by Crippen LogP contribution is -2.12. The van der Waals surface area contributed by atoms with Gasteiger partial charge in [-0.3, -0.25) is 0 Å². The van der Waals surface area contributed by atoms with Gasteiger partial charge >= 0.3 is 0 Å². The highest BCUT2D eigenvalue weighted by Crippen LogP contribution is 2.17. The Morgan fingerprint density at radius 1 is 1.38 bits per heavy atom. The molecule has 0 radical (unpaired) electrons. The molecule has 3 N–H and O–H groups in total. The fraction of sp³-hybridized carbons (Fsp3) is 0.231. The number of hydrogen-bond donors (Lipinski definition) is 2. The van der Waals surface area contributed by atoms with Crippen molar-refractivity contribution >= 4 is 0 Å². The largest absolute Gasteiger partial charge is 0.501 e. The second-order valence-corrected chi connectivity index (χ2v) is 3.59. The number of hydrogen-bond acceptors (Lipinski definition) is 3. The summed E-state index contributed by atoms with van der Waals surface area (Å²) >= 11 is 0. The Labute approximate surface area is 96.7 Å². The topological polar surface area (TPSA) is 47.3 Å². The molecule has 0 spiro atoms. The molecule has 0 bridgehead atoms. The van der Waals surface area contributed by atoms with Crippen LogP contribution in [0.2, 0.25) is 0 Å². The quantitative estimate of drug-likeness (QED) is 0.696. The molecule has 0 saturated carbocycles. The Balaban J connectivity index is 2.50. The first kappa shape index (κ1) is 12.2. The van der Waals surface area contributed by atoms with Crippen LogP contribution in [0, 0.1) is 0 Å². The number of allylic oxidation sites excluding steroid dienone is 6. The van der Waals surface area contributed by atoms with E-state index in [1.165, 1.54) is 0 Å². The summed E-state index contributed by atoms with van der Waals surface area (Å²) in [6.07, 6.45) is 9.32. The van der Waals surface area contributed by atoms with Crippen LogP contribution in [0.1, 0.15) is 12.8 Å². The lowest BCUT2D eigenvalue weighted by molar-refractivity contribution is 0.275. The van der Waals surface area contributed by atoms with E-state index in [1.54, 1.807) is 19.3 Å². The molecule has 0 saturated heterocycles. The Morgan fingerprint density at radius 3 is 2.62 bits per heavy atom. The van der Waals surface area contributed by atoms with Crippen molar-refractivity contribution in [2.75, 3.05) is 7.11 Å². The zero-order chi connectivity index (χ0) is 12.0.